The van der Waals surface area contributed by atoms with Crippen LogP contribution in [0, 0.1) is 0 Å². The van der Waals surface area contributed by atoms with Crippen LogP contribution in [0.2, 0.25) is 10.0 Å². The van der Waals surface area contributed by atoms with Gasteiger partial charge in [-0.2, -0.15) is 0 Å². The second kappa shape index (κ2) is 10.4. The van der Waals surface area contributed by atoms with Gasteiger partial charge in [0.1, 0.15) is 17.5 Å². The number of carbonyl (C=O) groups excluding carboxylic acids is 1. The fraction of sp³-hybridized carbons (Fsp3) is 0.381. The van der Waals surface area contributed by atoms with Crippen LogP contribution in [0.25, 0.3) is 0 Å². The summed E-state index contributed by atoms with van der Waals surface area (Å²) < 4.78 is 36.9. The number of halogens is 2. The van der Waals surface area contributed by atoms with Gasteiger partial charge in [-0.05, 0) is 49.7 Å². The number of hydrogen-bond donors (Lipinski definition) is 1. The van der Waals surface area contributed by atoms with Crippen molar-refractivity contribution in [2.45, 2.75) is 32.4 Å². The number of methoxy groups -OCH3 is 2. The lowest BCUT2D eigenvalue weighted by atomic mass is 10.1. The number of nitrogens with one attached hydrogen (secondary N) is 1. The average Bonchev–Trinajstić information content (AvgIpc) is 2.69. The molecule has 1 amide bonds. The van der Waals surface area contributed by atoms with Gasteiger partial charge in [0.25, 0.3) is 0 Å². The van der Waals surface area contributed by atoms with Crippen LogP contribution < -0.4 is 19.1 Å². The van der Waals surface area contributed by atoms with Gasteiger partial charge in [0, 0.05) is 15.6 Å². The lowest BCUT2D eigenvalue weighted by Gasteiger charge is -2.31. The maximum atomic E-state index is 13.2. The van der Waals surface area contributed by atoms with Crippen molar-refractivity contribution in [3.8, 4) is 11.5 Å². The number of amides is 1. The highest BCUT2D eigenvalue weighted by Crippen LogP contribution is 2.31. The Balaban J connectivity index is 2.40. The highest BCUT2D eigenvalue weighted by atomic mass is 35.5. The van der Waals surface area contributed by atoms with E-state index >= 15 is 0 Å². The SMILES string of the molecule is CC[C@@H](C(=O)N[C@H](C)c1cc(OC)ccc1OC)N(c1cc(Cl)cc(Cl)c1)S(C)(=O)=O. The summed E-state index contributed by atoms with van der Waals surface area (Å²) in [6.07, 6.45) is 1.26. The van der Waals surface area contributed by atoms with Gasteiger partial charge in [-0.3, -0.25) is 9.10 Å². The highest BCUT2D eigenvalue weighted by molar-refractivity contribution is 7.92. The number of rotatable bonds is 9. The molecule has 0 aromatic heterocycles. The van der Waals surface area contributed by atoms with E-state index in [9.17, 15) is 13.2 Å². The number of anilines is 1. The quantitative estimate of drug-likeness (QED) is 0.563. The van der Waals surface area contributed by atoms with E-state index in [4.69, 9.17) is 32.7 Å². The minimum Gasteiger partial charge on any atom is -0.497 e. The molecule has 0 aliphatic rings. The normalized spacial score (nSPS) is 13.3. The second-order valence-electron chi connectivity index (χ2n) is 6.95. The summed E-state index contributed by atoms with van der Waals surface area (Å²) >= 11 is 12.1. The fourth-order valence-corrected chi connectivity index (χ4v) is 5.00. The summed E-state index contributed by atoms with van der Waals surface area (Å²) in [5, 5.41) is 3.41. The van der Waals surface area contributed by atoms with Crippen molar-refractivity contribution in [1.29, 1.82) is 0 Å². The van der Waals surface area contributed by atoms with E-state index in [1.807, 2.05) is 0 Å². The molecule has 0 spiro atoms. The van der Waals surface area contributed by atoms with Crippen molar-refractivity contribution in [3.05, 3.63) is 52.0 Å². The van der Waals surface area contributed by atoms with Gasteiger partial charge in [-0.15, -0.1) is 0 Å². The first-order valence-electron chi connectivity index (χ1n) is 9.49. The summed E-state index contributed by atoms with van der Waals surface area (Å²) in [7, 11) is -0.747. The van der Waals surface area contributed by atoms with Gasteiger partial charge >= 0.3 is 0 Å². The van der Waals surface area contributed by atoms with Crippen LogP contribution in [0.5, 0.6) is 11.5 Å². The molecule has 1 N–H and O–H groups in total. The summed E-state index contributed by atoms with van der Waals surface area (Å²) in [6, 6.07) is 8.17. The van der Waals surface area contributed by atoms with E-state index in [-0.39, 0.29) is 22.2 Å². The Bertz CT molecular complexity index is 1030. The van der Waals surface area contributed by atoms with Gasteiger partial charge in [-0.25, -0.2) is 8.42 Å². The Morgan fingerprint density at radius 1 is 1.10 bits per heavy atom. The zero-order valence-corrected chi connectivity index (χ0v) is 20.3. The smallest absolute Gasteiger partial charge is 0.244 e. The van der Waals surface area contributed by atoms with E-state index in [0.29, 0.717) is 17.1 Å². The first-order chi connectivity index (χ1) is 14.5. The number of benzene rings is 2. The first-order valence-corrected chi connectivity index (χ1v) is 12.1. The maximum absolute atomic E-state index is 13.2. The van der Waals surface area contributed by atoms with E-state index in [0.717, 1.165) is 10.6 Å². The van der Waals surface area contributed by atoms with Gasteiger partial charge in [0.15, 0.2) is 0 Å². The summed E-state index contributed by atoms with van der Waals surface area (Å²) in [5.74, 6) is 0.708. The third-order valence-electron chi connectivity index (χ3n) is 4.69. The Labute approximate surface area is 193 Å². The predicted molar refractivity (Wildman–Crippen MR) is 124 cm³/mol. The Kier molecular flexibility index (Phi) is 8.45. The molecular formula is C21H26Cl2N2O5S. The molecule has 31 heavy (non-hydrogen) atoms. The second-order valence-corrected chi connectivity index (χ2v) is 9.68. The van der Waals surface area contributed by atoms with Crippen LogP contribution in [-0.2, 0) is 14.8 Å². The largest absolute Gasteiger partial charge is 0.497 e. The van der Waals surface area contributed by atoms with Crippen LogP contribution >= 0.6 is 23.2 Å². The molecule has 0 saturated carbocycles. The lowest BCUT2D eigenvalue weighted by Crippen LogP contribution is -2.49. The number of hydrogen-bond acceptors (Lipinski definition) is 5. The molecule has 2 aromatic carbocycles. The summed E-state index contributed by atoms with van der Waals surface area (Å²) in [4.78, 5) is 13.2. The van der Waals surface area contributed by atoms with Gasteiger partial charge in [-0.1, -0.05) is 30.1 Å². The average molecular weight is 489 g/mol. The van der Waals surface area contributed by atoms with Crippen molar-refractivity contribution in [1.82, 2.24) is 5.32 Å². The monoisotopic (exact) mass is 488 g/mol. The lowest BCUT2D eigenvalue weighted by molar-refractivity contribution is -0.122. The van der Waals surface area contributed by atoms with Crippen molar-refractivity contribution >= 4 is 44.8 Å². The molecular weight excluding hydrogens is 463 g/mol. The molecule has 0 heterocycles. The van der Waals surface area contributed by atoms with Gasteiger partial charge in [0.05, 0.1) is 32.2 Å². The molecule has 0 fully saturated rings. The van der Waals surface area contributed by atoms with E-state index < -0.39 is 28.0 Å². The van der Waals surface area contributed by atoms with Crippen LogP contribution in [0.3, 0.4) is 0 Å². The minimum atomic E-state index is -3.82. The Hall–Kier alpha value is -2.16. The standard InChI is InChI=1S/C21H26Cl2N2O5S/c1-6-19(25(31(5,27)28)16-10-14(22)9-15(23)11-16)21(26)24-13(2)18-12-17(29-3)7-8-20(18)30-4/h7-13,19H,6H2,1-5H3,(H,24,26)/t13-,19+/m1/s1. The topological polar surface area (TPSA) is 84.9 Å². The zero-order chi connectivity index (χ0) is 23.3. The molecule has 0 aliphatic heterocycles. The number of nitrogens with zero attached hydrogens (tertiary/aromatic N) is 1. The molecule has 2 aromatic rings. The van der Waals surface area contributed by atoms with Crippen molar-refractivity contribution in [3.63, 3.8) is 0 Å². The third kappa shape index (κ3) is 6.18. The Morgan fingerprint density at radius 2 is 1.71 bits per heavy atom. The van der Waals surface area contributed by atoms with Crippen LogP contribution in [0.4, 0.5) is 5.69 Å². The minimum absolute atomic E-state index is 0.216. The highest BCUT2D eigenvalue weighted by Gasteiger charge is 2.33. The third-order valence-corrected chi connectivity index (χ3v) is 6.31. The molecule has 10 heteroatoms. The molecule has 0 radical (unpaired) electrons. The summed E-state index contributed by atoms with van der Waals surface area (Å²) in [5.41, 5.74) is 0.912. The van der Waals surface area contributed by atoms with E-state index in [2.05, 4.69) is 5.32 Å². The van der Waals surface area contributed by atoms with Gasteiger partial charge < -0.3 is 14.8 Å². The molecule has 0 unspecified atom stereocenters. The molecule has 0 bridgehead atoms. The zero-order valence-electron chi connectivity index (χ0n) is 18.0. The first kappa shape index (κ1) is 25.1. The number of sulfonamides is 1. The van der Waals surface area contributed by atoms with Crippen LogP contribution in [0.15, 0.2) is 36.4 Å². The molecule has 170 valence electrons. The molecule has 0 aliphatic carbocycles. The maximum Gasteiger partial charge on any atom is 0.244 e. The van der Waals surface area contributed by atoms with Gasteiger partial charge in [0.2, 0.25) is 15.9 Å². The van der Waals surface area contributed by atoms with E-state index in [1.54, 1.807) is 39.2 Å². The van der Waals surface area contributed by atoms with E-state index in [1.165, 1.54) is 25.3 Å². The molecule has 7 nitrogen and oxygen atoms in total. The Morgan fingerprint density at radius 3 is 2.19 bits per heavy atom. The predicted octanol–water partition coefficient (Wildman–Crippen LogP) is 4.43. The van der Waals surface area contributed by atoms with Crippen molar-refractivity contribution in [2.24, 2.45) is 0 Å². The van der Waals surface area contributed by atoms with Crippen molar-refractivity contribution < 1.29 is 22.7 Å². The molecule has 0 saturated heterocycles. The van der Waals surface area contributed by atoms with Crippen LogP contribution in [0.1, 0.15) is 31.9 Å². The number of ether oxygens (including phenoxy) is 2. The van der Waals surface area contributed by atoms with Crippen molar-refractivity contribution in [2.75, 3.05) is 24.8 Å². The van der Waals surface area contributed by atoms with Crippen LogP contribution in [-0.4, -0.2) is 40.8 Å². The summed E-state index contributed by atoms with van der Waals surface area (Å²) in [6.45, 7) is 3.51. The molecule has 2 rings (SSSR count). The number of carbonyl (C=O) groups is 1. The molecule has 2 atom stereocenters. The fourth-order valence-electron chi connectivity index (χ4n) is 3.29.